The highest BCUT2D eigenvalue weighted by Gasteiger charge is 2.31. The van der Waals surface area contributed by atoms with Gasteiger partial charge in [0.05, 0.1) is 5.56 Å². The zero-order valence-corrected chi connectivity index (χ0v) is 15.4. The molecule has 3 rings (SSSR count). The van der Waals surface area contributed by atoms with Crippen molar-refractivity contribution in [2.24, 2.45) is 0 Å². The third kappa shape index (κ3) is 5.23. The number of piperazine rings is 1. The molecule has 0 spiro atoms. The molecule has 3 nitrogen and oxygen atoms in total. The van der Waals surface area contributed by atoms with Gasteiger partial charge in [-0.25, -0.2) is 0 Å². The molecule has 1 aliphatic rings. The molecule has 1 aliphatic heterocycles. The van der Waals surface area contributed by atoms with E-state index < -0.39 is 11.7 Å². The molecular formula is C20H19ClF3N2O. The van der Waals surface area contributed by atoms with Gasteiger partial charge in [-0.15, -0.1) is 0 Å². The van der Waals surface area contributed by atoms with Gasteiger partial charge >= 0.3 is 6.18 Å². The Balaban J connectivity index is 1.53. The monoisotopic (exact) mass is 395 g/mol. The lowest BCUT2D eigenvalue weighted by Gasteiger charge is -2.34. The van der Waals surface area contributed by atoms with E-state index in [2.05, 4.69) is 11.0 Å². The van der Waals surface area contributed by atoms with E-state index in [1.165, 1.54) is 12.1 Å². The minimum atomic E-state index is -4.45. The Labute approximate surface area is 161 Å². The summed E-state index contributed by atoms with van der Waals surface area (Å²) in [5.41, 5.74) is 0.307. The smallest absolute Gasteiger partial charge is 0.336 e. The van der Waals surface area contributed by atoms with E-state index in [9.17, 15) is 18.0 Å². The van der Waals surface area contributed by atoms with Crippen molar-refractivity contribution in [3.8, 4) is 0 Å². The molecule has 0 aliphatic carbocycles. The maximum atomic E-state index is 12.8. The van der Waals surface area contributed by atoms with Crippen LogP contribution in [0.5, 0.6) is 0 Å². The van der Waals surface area contributed by atoms with Crippen LogP contribution in [0, 0.1) is 6.07 Å². The highest BCUT2D eigenvalue weighted by Crippen LogP contribution is 2.29. The van der Waals surface area contributed by atoms with Gasteiger partial charge in [-0.3, -0.25) is 9.69 Å². The summed E-state index contributed by atoms with van der Waals surface area (Å²) < 4.78 is 38.5. The third-order valence-corrected chi connectivity index (χ3v) is 4.85. The number of halogens is 4. The second-order valence-electron chi connectivity index (χ2n) is 6.49. The number of benzene rings is 2. The average molecular weight is 396 g/mol. The van der Waals surface area contributed by atoms with Gasteiger partial charge in [-0.05, 0) is 48.4 Å². The number of hydrogen-bond acceptors (Lipinski definition) is 2. The fourth-order valence-electron chi connectivity index (χ4n) is 3.09. The lowest BCUT2D eigenvalue weighted by atomic mass is 10.1. The first kappa shape index (κ1) is 19.7. The average Bonchev–Trinajstić information content (AvgIpc) is 2.66. The number of hydrogen-bond donors (Lipinski definition) is 0. The van der Waals surface area contributed by atoms with Crippen LogP contribution in [0.2, 0.25) is 5.02 Å². The Morgan fingerprint density at radius 3 is 2.52 bits per heavy atom. The Morgan fingerprint density at radius 1 is 1.11 bits per heavy atom. The van der Waals surface area contributed by atoms with Crippen LogP contribution in [0.3, 0.4) is 0 Å². The Bertz CT molecular complexity index is 802. The van der Waals surface area contributed by atoms with Crippen LogP contribution in [0.25, 0.3) is 0 Å². The lowest BCUT2D eigenvalue weighted by Crippen LogP contribution is -2.49. The van der Waals surface area contributed by atoms with Gasteiger partial charge in [0.15, 0.2) is 0 Å². The summed E-state index contributed by atoms with van der Waals surface area (Å²) >= 11 is 5.97. The van der Waals surface area contributed by atoms with Crippen LogP contribution >= 0.6 is 11.6 Å². The predicted octanol–water partition coefficient (Wildman–Crippen LogP) is 4.16. The largest absolute Gasteiger partial charge is 0.416 e. The second-order valence-corrected chi connectivity index (χ2v) is 6.93. The zero-order chi connectivity index (χ0) is 19.4. The van der Waals surface area contributed by atoms with Crippen LogP contribution in [-0.4, -0.2) is 48.4 Å². The summed E-state index contributed by atoms with van der Waals surface area (Å²) in [6, 6.07) is 13.2. The van der Waals surface area contributed by atoms with Gasteiger partial charge in [-0.2, -0.15) is 13.2 Å². The van der Waals surface area contributed by atoms with Crippen LogP contribution in [0.1, 0.15) is 21.5 Å². The molecule has 27 heavy (non-hydrogen) atoms. The number of rotatable bonds is 4. The number of carbonyl (C=O) groups is 1. The summed E-state index contributed by atoms with van der Waals surface area (Å²) in [4.78, 5) is 16.4. The molecule has 0 saturated carbocycles. The Morgan fingerprint density at radius 2 is 1.85 bits per heavy atom. The van der Waals surface area contributed by atoms with Gasteiger partial charge in [0.2, 0.25) is 0 Å². The van der Waals surface area contributed by atoms with Crippen LogP contribution in [-0.2, 0) is 12.6 Å². The molecule has 1 amide bonds. The molecule has 1 heterocycles. The van der Waals surface area contributed by atoms with Crippen molar-refractivity contribution in [1.29, 1.82) is 0 Å². The van der Waals surface area contributed by atoms with Gasteiger partial charge in [0, 0.05) is 43.3 Å². The van der Waals surface area contributed by atoms with Crippen molar-refractivity contribution in [3.05, 3.63) is 70.2 Å². The van der Waals surface area contributed by atoms with Crippen LogP contribution < -0.4 is 0 Å². The van der Waals surface area contributed by atoms with E-state index >= 15 is 0 Å². The number of alkyl halides is 3. The van der Waals surface area contributed by atoms with Gasteiger partial charge in [0.25, 0.3) is 5.91 Å². The SMILES string of the molecule is O=C(c1cccc(C(F)(F)F)c1)N1CCN(CCc2[c]ccc(Cl)c2)CC1. The minimum Gasteiger partial charge on any atom is -0.336 e. The van der Waals surface area contributed by atoms with Gasteiger partial charge in [0.1, 0.15) is 0 Å². The highest BCUT2D eigenvalue weighted by molar-refractivity contribution is 6.30. The Kier molecular flexibility index (Phi) is 6.07. The molecule has 1 saturated heterocycles. The normalized spacial score (nSPS) is 15.8. The van der Waals surface area contributed by atoms with E-state index in [0.717, 1.165) is 30.7 Å². The summed E-state index contributed by atoms with van der Waals surface area (Å²) in [6.07, 6.45) is -3.64. The molecule has 0 unspecified atom stereocenters. The van der Waals surface area contributed by atoms with Crippen molar-refractivity contribution in [2.75, 3.05) is 32.7 Å². The second kappa shape index (κ2) is 8.31. The fourth-order valence-corrected chi connectivity index (χ4v) is 3.29. The molecule has 143 valence electrons. The molecule has 0 aromatic heterocycles. The standard InChI is InChI=1S/C20H19ClF3N2O/c21-18-6-1-3-15(13-18)7-8-25-9-11-26(12-10-25)19(27)16-4-2-5-17(14-16)20(22,23)24/h1-2,4-6,13-14H,7-12H2. The first-order chi connectivity index (χ1) is 12.8. The molecule has 2 aromatic carbocycles. The van der Waals surface area contributed by atoms with Gasteiger partial charge < -0.3 is 4.90 Å². The predicted molar refractivity (Wildman–Crippen MR) is 97.8 cm³/mol. The minimum absolute atomic E-state index is 0.0757. The maximum absolute atomic E-state index is 12.8. The van der Waals surface area contributed by atoms with Crippen molar-refractivity contribution >= 4 is 17.5 Å². The van der Waals surface area contributed by atoms with Crippen molar-refractivity contribution < 1.29 is 18.0 Å². The Hall–Kier alpha value is -2.05. The first-order valence-corrected chi connectivity index (χ1v) is 9.06. The van der Waals surface area contributed by atoms with Gasteiger partial charge in [-0.1, -0.05) is 23.7 Å². The molecule has 0 N–H and O–H groups in total. The third-order valence-electron chi connectivity index (χ3n) is 4.62. The zero-order valence-electron chi connectivity index (χ0n) is 14.6. The molecule has 0 atom stereocenters. The summed E-state index contributed by atoms with van der Waals surface area (Å²) in [6.45, 7) is 3.18. The van der Waals surface area contributed by atoms with Crippen LogP contribution in [0.4, 0.5) is 13.2 Å². The van der Waals surface area contributed by atoms with E-state index in [1.54, 1.807) is 17.0 Å². The number of nitrogens with zero attached hydrogens (tertiary/aromatic N) is 2. The summed E-state index contributed by atoms with van der Waals surface area (Å²) in [7, 11) is 0. The van der Waals surface area contributed by atoms with Crippen LogP contribution in [0.15, 0.2) is 42.5 Å². The van der Waals surface area contributed by atoms with E-state index in [1.807, 2.05) is 6.07 Å². The number of amides is 1. The van der Waals surface area contributed by atoms with E-state index in [-0.39, 0.29) is 11.5 Å². The topological polar surface area (TPSA) is 23.6 Å². The molecular weight excluding hydrogens is 377 g/mol. The molecule has 0 bridgehead atoms. The first-order valence-electron chi connectivity index (χ1n) is 8.68. The van der Waals surface area contributed by atoms with Crippen molar-refractivity contribution in [3.63, 3.8) is 0 Å². The van der Waals surface area contributed by atoms with E-state index in [4.69, 9.17) is 11.6 Å². The van der Waals surface area contributed by atoms with Crippen molar-refractivity contribution in [2.45, 2.75) is 12.6 Å². The summed E-state index contributed by atoms with van der Waals surface area (Å²) in [5, 5.41) is 0.681. The maximum Gasteiger partial charge on any atom is 0.416 e. The molecule has 1 radical (unpaired) electrons. The lowest BCUT2D eigenvalue weighted by molar-refractivity contribution is -0.137. The highest BCUT2D eigenvalue weighted by atomic mass is 35.5. The molecule has 7 heteroatoms. The molecule has 1 fully saturated rings. The van der Waals surface area contributed by atoms with E-state index in [0.29, 0.717) is 31.2 Å². The molecule has 2 aromatic rings. The number of carbonyl (C=O) groups excluding carboxylic acids is 1. The fraction of sp³-hybridized carbons (Fsp3) is 0.350. The quantitative estimate of drug-likeness (QED) is 0.776. The van der Waals surface area contributed by atoms with Crippen molar-refractivity contribution in [1.82, 2.24) is 9.80 Å². The summed E-state index contributed by atoms with van der Waals surface area (Å²) in [5.74, 6) is -0.357.